The normalized spacial score (nSPS) is 19.1. The lowest BCUT2D eigenvalue weighted by Crippen LogP contribution is -2.42. The molecule has 2 fully saturated rings. The maximum absolute atomic E-state index is 13.4. The first-order valence-corrected chi connectivity index (χ1v) is 13.5. The summed E-state index contributed by atoms with van der Waals surface area (Å²) in [6.45, 7) is 6.24. The number of amides is 1. The molecule has 8 heteroatoms. The summed E-state index contributed by atoms with van der Waals surface area (Å²) in [5.41, 5.74) is 3.46. The minimum Gasteiger partial charge on any atom is -0.507 e. The van der Waals surface area contributed by atoms with Gasteiger partial charge in [-0.2, -0.15) is 0 Å². The highest BCUT2D eigenvalue weighted by molar-refractivity contribution is 6.46. The molecule has 2 aliphatic rings. The van der Waals surface area contributed by atoms with E-state index in [2.05, 4.69) is 11.0 Å². The Morgan fingerprint density at radius 2 is 1.65 bits per heavy atom. The molecule has 0 unspecified atom stereocenters. The topological polar surface area (TPSA) is 88.5 Å². The molecule has 0 radical (unpaired) electrons. The van der Waals surface area contributed by atoms with Gasteiger partial charge >= 0.3 is 0 Å². The van der Waals surface area contributed by atoms with Crippen LogP contribution in [0.2, 0.25) is 0 Å². The molecule has 208 valence electrons. The van der Waals surface area contributed by atoms with Crippen LogP contribution in [0.25, 0.3) is 5.76 Å². The van der Waals surface area contributed by atoms with Crippen LogP contribution in [0, 0.1) is 6.92 Å². The molecule has 3 aromatic carbocycles. The summed E-state index contributed by atoms with van der Waals surface area (Å²) >= 11 is 0. The first-order valence-electron chi connectivity index (χ1n) is 13.5. The van der Waals surface area contributed by atoms with Gasteiger partial charge in [0.15, 0.2) is 0 Å². The summed E-state index contributed by atoms with van der Waals surface area (Å²) in [5, 5.41) is 11.4. The molecule has 1 N–H and O–H groups in total. The van der Waals surface area contributed by atoms with E-state index in [0.717, 1.165) is 29.8 Å². The van der Waals surface area contributed by atoms with Gasteiger partial charge in [-0.05, 0) is 54.4 Å². The number of benzene rings is 3. The van der Waals surface area contributed by atoms with E-state index in [9.17, 15) is 14.7 Å². The number of ketones is 1. The van der Waals surface area contributed by atoms with Crippen molar-refractivity contribution in [3.05, 3.63) is 101 Å². The molecule has 0 bridgehead atoms. The summed E-state index contributed by atoms with van der Waals surface area (Å²) in [4.78, 5) is 30.4. The average Bonchev–Trinajstić information content (AvgIpc) is 3.24. The molecule has 5 rings (SSSR count). The predicted octanol–water partition coefficient (Wildman–Crippen LogP) is 4.34. The molecule has 3 aromatic rings. The van der Waals surface area contributed by atoms with E-state index in [1.807, 2.05) is 37.3 Å². The maximum Gasteiger partial charge on any atom is 0.295 e. The number of carbonyl (C=O) groups excluding carboxylic acids is 2. The Balaban J connectivity index is 1.41. The van der Waals surface area contributed by atoms with E-state index < -0.39 is 17.7 Å². The van der Waals surface area contributed by atoms with E-state index in [0.29, 0.717) is 50.0 Å². The number of likely N-dealkylation sites (tertiary alicyclic amines) is 1. The zero-order valence-electron chi connectivity index (χ0n) is 22.8. The number of nitrogens with zero attached hydrogens (tertiary/aromatic N) is 2. The van der Waals surface area contributed by atoms with Crippen molar-refractivity contribution in [2.24, 2.45) is 0 Å². The molecule has 2 heterocycles. The molecule has 1 atom stereocenters. The Morgan fingerprint density at radius 3 is 2.33 bits per heavy atom. The lowest BCUT2D eigenvalue weighted by molar-refractivity contribution is -0.140. The fourth-order valence-corrected chi connectivity index (χ4v) is 5.15. The quantitative estimate of drug-likeness (QED) is 0.245. The van der Waals surface area contributed by atoms with Crippen molar-refractivity contribution < 1.29 is 28.9 Å². The van der Waals surface area contributed by atoms with Crippen LogP contribution < -0.4 is 9.47 Å². The zero-order chi connectivity index (χ0) is 28.1. The van der Waals surface area contributed by atoms with Crippen molar-refractivity contribution in [1.29, 1.82) is 0 Å². The summed E-state index contributed by atoms with van der Waals surface area (Å²) < 4.78 is 16.6. The Bertz CT molecular complexity index is 1380. The van der Waals surface area contributed by atoms with Crippen LogP contribution in [-0.4, -0.2) is 73.1 Å². The first-order chi connectivity index (χ1) is 19.4. The zero-order valence-corrected chi connectivity index (χ0v) is 22.8. The molecule has 0 saturated carbocycles. The molecular weight excluding hydrogens is 508 g/mol. The molecule has 2 saturated heterocycles. The number of aliphatic hydroxyl groups is 1. The lowest BCUT2D eigenvalue weighted by atomic mass is 9.95. The van der Waals surface area contributed by atoms with Crippen LogP contribution in [0.15, 0.2) is 78.4 Å². The number of carbonyl (C=O) groups is 2. The van der Waals surface area contributed by atoms with E-state index >= 15 is 0 Å². The lowest BCUT2D eigenvalue weighted by Gasteiger charge is -2.31. The molecular formula is C32H34N2O6. The van der Waals surface area contributed by atoms with Crippen LogP contribution in [-0.2, 0) is 20.9 Å². The fraction of sp³-hybridized carbons (Fsp3) is 0.312. The van der Waals surface area contributed by atoms with E-state index in [-0.39, 0.29) is 11.3 Å². The van der Waals surface area contributed by atoms with E-state index in [1.165, 1.54) is 0 Å². The SMILES string of the molecule is COc1ccc([C@H]2/C(=C(\O)c3ccc(OCc4cccc(C)c4)cc3)C(=O)C(=O)N2CCN2CCOCC2)cc1. The van der Waals surface area contributed by atoms with Gasteiger partial charge in [-0.3, -0.25) is 14.5 Å². The summed E-state index contributed by atoms with van der Waals surface area (Å²) in [5.74, 6) is -0.224. The second-order valence-corrected chi connectivity index (χ2v) is 10.0. The third kappa shape index (κ3) is 6.03. The Morgan fingerprint density at radius 1 is 0.950 bits per heavy atom. The minimum absolute atomic E-state index is 0.0746. The van der Waals surface area contributed by atoms with Crippen molar-refractivity contribution in [1.82, 2.24) is 9.80 Å². The number of methoxy groups -OCH3 is 1. The molecule has 40 heavy (non-hydrogen) atoms. The predicted molar refractivity (Wildman–Crippen MR) is 151 cm³/mol. The van der Waals surface area contributed by atoms with E-state index in [1.54, 1.807) is 48.4 Å². The number of hydrogen-bond donors (Lipinski definition) is 1. The van der Waals surface area contributed by atoms with Crippen LogP contribution >= 0.6 is 0 Å². The average molecular weight is 543 g/mol. The van der Waals surface area contributed by atoms with Crippen molar-refractivity contribution in [3.63, 3.8) is 0 Å². The number of aliphatic hydroxyl groups excluding tert-OH is 1. The van der Waals surface area contributed by atoms with Crippen molar-refractivity contribution in [2.75, 3.05) is 46.5 Å². The molecule has 8 nitrogen and oxygen atoms in total. The Labute approximate surface area is 234 Å². The summed E-state index contributed by atoms with van der Waals surface area (Å²) in [6, 6.07) is 21.5. The summed E-state index contributed by atoms with van der Waals surface area (Å²) in [7, 11) is 1.58. The highest BCUT2D eigenvalue weighted by Gasteiger charge is 2.46. The van der Waals surface area contributed by atoms with Crippen molar-refractivity contribution in [2.45, 2.75) is 19.6 Å². The smallest absolute Gasteiger partial charge is 0.295 e. The van der Waals surface area contributed by atoms with Crippen LogP contribution in [0.3, 0.4) is 0 Å². The van der Waals surface area contributed by atoms with Gasteiger partial charge in [0.05, 0.1) is 31.9 Å². The standard InChI is InChI=1S/C32H34N2O6/c1-22-4-3-5-23(20-22)21-40-27-12-8-25(9-13-27)30(35)28-29(24-6-10-26(38-2)11-7-24)34(32(37)31(28)36)15-14-33-16-18-39-19-17-33/h3-13,20,29,35H,14-19,21H2,1-2H3/b30-28+/t29-/m0/s1. The van der Waals surface area contributed by atoms with Gasteiger partial charge in [-0.15, -0.1) is 0 Å². The van der Waals surface area contributed by atoms with Gasteiger partial charge in [0.25, 0.3) is 11.7 Å². The number of aryl methyl sites for hydroxylation is 1. The number of hydrogen-bond acceptors (Lipinski definition) is 7. The third-order valence-corrected chi connectivity index (χ3v) is 7.35. The second kappa shape index (κ2) is 12.4. The van der Waals surface area contributed by atoms with Gasteiger partial charge in [0, 0.05) is 31.7 Å². The van der Waals surface area contributed by atoms with Crippen LogP contribution in [0.4, 0.5) is 0 Å². The van der Waals surface area contributed by atoms with Crippen molar-refractivity contribution in [3.8, 4) is 11.5 Å². The molecule has 2 aliphatic heterocycles. The minimum atomic E-state index is -0.718. The van der Waals surface area contributed by atoms with Crippen LogP contribution in [0.5, 0.6) is 11.5 Å². The molecule has 0 aromatic heterocycles. The van der Waals surface area contributed by atoms with Gasteiger partial charge < -0.3 is 24.2 Å². The number of ether oxygens (including phenoxy) is 3. The van der Waals surface area contributed by atoms with Gasteiger partial charge in [-0.1, -0.05) is 42.0 Å². The highest BCUT2D eigenvalue weighted by Crippen LogP contribution is 2.40. The molecule has 0 aliphatic carbocycles. The number of morpholine rings is 1. The maximum atomic E-state index is 13.4. The molecule has 1 amide bonds. The number of rotatable bonds is 9. The van der Waals surface area contributed by atoms with Gasteiger partial charge in [-0.25, -0.2) is 0 Å². The highest BCUT2D eigenvalue weighted by atomic mass is 16.5. The Kier molecular flexibility index (Phi) is 8.48. The van der Waals surface area contributed by atoms with Crippen molar-refractivity contribution >= 4 is 17.4 Å². The van der Waals surface area contributed by atoms with Crippen LogP contribution in [0.1, 0.15) is 28.3 Å². The van der Waals surface area contributed by atoms with Gasteiger partial charge in [0.1, 0.15) is 23.9 Å². The Hall–Kier alpha value is -4.14. The van der Waals surface area contributed by atoms with E-state index in [4.69, 9.17) is 14.2 Å². The first kappa shape index (κ1) is 27.4. The fourth-order valence-electron chi connectivity index (χ4n) is 5.15. The van der Waals surface area contributed by atoms with Gasteiger partial charge in [0.2, 0.25) is 0 Å². The largest absolute Gasteiger partial charge is 0.507 e. The molecule has 0 spiro atoms. The summed E-state index contributed by atoms with van der Waals surface area (Å²) in [6.07, 6.45) is 0. The third-order valence-electron chi connectivity index (χ3n) is 7.35. The second-order valence-electron chi connectivity index (χ2n) is 10.0. The monoisotopic (exact) mass is 542 g/mol. The number of Topliss-reactive ketones (excluding diaryl/α,β-unsaturated/α-hetero) is 1.